The van der Waals surface area contributed by atoms with Crippen LogP contribution in [0.3, 0.4) is 0 Å². The predicted molar refractivity (Wildman–Crippen MR) is 87.4 cm³/mol. The van der Waals surface area contributed by atoms with Crippen LogP contribution in [0.2, 0.25) is 0 Å². The predicted octanol–water partition coefficient (Wildman–Crippen LogP) is 1.98. The summed E-state index contributed by atoms with van der Waals surface area (Å²) in [7, 11) is 0. The molecular weight excluding hydrogens is 276 g/mol. The summed E-state index contributed by atoms with van der Waals surface area (Å²) in [6.45, 7) is 3.38. The number of rotatable bonds is 4. The van der Waals surface area contributed by atoms with Gasteiger partial charge in [-0.3, -0.25) is 4.79 Å². The van der Waals surface area contributed by atoms with Crippen LogP contribution in [0.5, 0.6) is 0 Å². The van der Waals surface area contributed by atoms with Crippen molar-refractivity contribution in [1.82, 2.24) is 14.9 Å². The van der Waals surface area contributed by atoms with E-state index in [2.05, 4.69) is 20.9 Å². The topological polar surface area (TPSA) is 72.9 Å². The molecule has 2 aromatic rings. The normalized spacial score (nSPS) is 21.9. The molecule has 2 unspecified atom stereocenters. The molecule has 0 aliphatic heterocycles. The van der Waals surface area contributed by atoms with Crippen LogP contribution in [0.4, 0.5) is 0 Å². The standard InChI is InChI=1S/C17H24N4O/c1-12-20-15-7-2-3-8-16(15)21(12)10-9-19-17(22)13-5-4-6-14(18)11-13/h2-3,7-8,13-14H,4-6,9-11,18H2,1H3,(H,19,22). The highest BCUT2D eigenvalue weighted by atomic mass is 16.1. The van der Waals surface area contributed by atoms with Crippen LogP contribution in [0.1, 0.15) is 31.5 Å². The fourth-order valence-electron chi connectivity index (χ4n) is 3.38. The Hall–Kier alpha value is -1.88. The number of fused-ring (bicyclic) bond motifs is 1. The Morgan fingerprint density at radius 2 is 2.23 bits per heavy atom. The van der Waals surface area contributed by atoms with Crippen molar-refractivity contribution in [3.63, 3.8) is 0 Å². The molecule has 1 aromatic heterocycles. The first-order chi connectivity index (χ1) is 10.6. The highest BCUT2D eigenvalue weighted by molar-refractivity contribution is 5.79. The van der Waals surface area contributed by atoms with Gasteiger partial charge >= 0.3 is 0 Å². The Morgan fingerprint density at radius 1 is 1.41 bits per heavy atom. The first kappa shape index (κ1) is 15.0. The Bertz CT molecular complexity index is 664. The van der Waals surface area contributed by atoms with Crippen LogP contribution in [0.25, 0.3) is 11.0 Å². The Balaban J connectivity index is 1.58. The minimum Gasteiger partial charge on any atom is -0.354 e. The van der Waals surface area contributed by atoms with Crippen molar-refractivity contribution < 1.29 is 4.79 Å². The van der Waals surface area contributed by atoms with E-state index < -0.39 is 0 Å². The number of nitrogens with zero attached hydrogens (tertiary/aromatic N) is 2. The highest BCUT2D eigenvalue weighted by Gasteiger charge is 2.24. The zero-order valence-corrected chi connectivity index (χ0v) is 13.1. The molecule has 1 saturated carbocycles. The number of nitrogens with two attached hydrogens (primary N) is 1. The molecule has 0 saturated heterocycles. The largest absolute Gasteiger partial charge is 0.354 e. The van der Waals surface area contributed by atoms with Crippen LogP contribution in [0.15, 0.2) is 24.3 Å². The van der Waals surface area contributed by atoms with E-state index in [1.165, 1.54) is 0 Å². The minimum atomic E-state index is 0.0874. The van der Waals surface area contributed by atoms with Gasteiger partial charge in [0, 0.05) is 25.0 Å². The van der Waals surface area contributed by atoms with Crippen molar-refractivity contribution in [2.24, 2.45) is 11.7 Å². The van der Waals surface area contributed by atoms with Gasteiger partial charge in [-0.15, -0.1) is 0 Å². The molecule has 118 valence electrons. The SMILES string of the molecule is Cc1nc2ccccc2n1CCNC(=O)C1CCCC(N)C1. The lowest BCUT2D eigenvalue weighted by Gasteiger charge is -2.25. The van der Waals surface area contributed by atoms with E-state index in [9.17, 15) is 4.79 Å². The van der Waals surface area contributed by atoms with Gasteiger partial charge in [-0.25, -0.2) is 4.98 Å². The number of amides is 1. The van der Waals surface area contributed by atoms with E-state index in [0.29, 0.717) is 6.54 Å². The smallest absolute Gasteiger partial charge is 0.223 e. The van der Waals surface area contributed by atoms with Gasteiger partial charge in [0.25, 0.3) is 0 Å². The van der Waals surface area contributed by atoms with Gasteiger partial charge in [-0.1, -0.05) is 18.6 Å². The zero-order valence-electron chi connectivity index (χ0n) is 13.1. The average Bonchev–Trinajstić information content (AvgIpc) is 2.83. The van der Waals surface area contributed by atoms with Crippen molar-refractivity contribution in [1.29, 1.82) is 0 Å². The van der Waals surface area contributed by atoms with Gasteiger partial charge in [0.15, 0.2) is 0 Å². The summed E-state index contributed by atoms with van der Waals surface area (Å²) >= 11 is 0. The third kappa shape index (κ3) is 3.14. The van der Waals surface area contributed by atoms with E-state index in [1.54, 1.807) is 0 Å². The lowest BCUT2D eigenvalue weighted by molar-refractivity contribution is -0.126. The molecule has 1 aromatic carbocycles. The summed E-state index contributed by atoms with van der Waals surface area (Å²) in [5.74, 6) is 1.22. The van der Waals surface area contributed by atoms with Gasteiger partial charge in [0.1, 0.15) is 5.82 Å². The van der Waals surface area contributed by atoms with Crippen LogP contribution >= 0.6 is 0 Å². The number of hydrogen-bond acceptors (Lipinski definition) is 3. The molecule has 0 radical (unpaired) electrons. The molecule has 5 heteroatoms. The Morgan fingerprint density at radius 3 is 3.05 bits per heavy atom. The van der Waals surface area contributed by atoms with Gasteiger partial charge < -0.3 is 15.6 Å². The van der Waals surface area contributed by atoms with Gasteiger partial charge in [-0.05, 0) is 38.3 Å². The molecule has 0 bridgehead atoms. The molecule has 1 amide bonds. The molecule has 1 heterocycles. The lowest BCUT2D eigenvalue weighted by Crippen LogP contribution is -2.38. The van der Waals surface area contributed by atoms with E-state index in [-0.39, 0.29) is 17.9 Å². The summed E-state index contributed by atoms with van der Waals surface area (Å²) in [5, 5.41) is 3.06. The number of carbonyl (C=O) groups excluding carboxylic acids is 1. The third-order valence-corrected chi connectivity index (χ3v) is 4.57. The number of hydrogen-bond donors (Lipinski definition) is 2. The first-order valence-electron chi connectivity index (χ1n) is 8.10. The third-order valence-electron chi connectivity index (χ3n) is 4.57. The molecule has 3 N–H and O–H groups in total. The number of aryl methyl sites for hydroxylation is 1. The highest BCUT2D eigenvalue weighted by Crippen LogP contribution is 2.23. The fourth-order valence-corrected chi connectivity index (χ4v) is 3.38. The molecule has 2 atom stereocenters. The molecule has 1 fully saturated rings. The number of benzene rings is 1. The second-order valence-corrected chi connectivity index (χ2v) is 6.21. The monoisotopic (exact) mass is 300 g/mol. The second-order valence-electron chi connectivity index (χ2n) is 6.21. The average molecular weight is 300 g/mol. The zero-order chi connectivity index (χ0) is 15.5. The molecule has 1 aliphatic rings. The molecule has 0 spiro atoms. The number of carbonyl (C=O) groups is 1. The lowest BCUT2D eigenvalue weighted by atomic mass is 9.85. The van der Waals surface area contributed by atoms with Crippen LogP contribution in [0, 0.1) is 12.8 Å². The van der Waals surface area contributed by atoms with E-state index >= 15 is 0 Å². The number of aromatic nitrogens is 2. The number of nitrogens with one attached hydrogen (secondary N) is 1. The Kier molecular flexibility index (Phi) is 4.43. The van der Waals surface area contributed by atoms with Crippen molar-refractivity contribution in [2.75, 3.05) is 6.54 Å². The van der Waals surface area contributed by atoms with Crippen LogP contribution < -0.4 is 11.1 Å². The van der Waals surface area contributed by atoms with Crippen LogP contribution in [-0.4, -0.2) is 28.0 Å². The summed E-state index contributed by atoms with van der Waals surface area (Å²) in [5.41, 5.74) is 8.08. The quantitative estimate of drug-likeness (QED) is 0.907. The summed E-state index contributed by atoms with van der Waals surface area (Å²) < 4.78 is 2.15. The van der Waals surface area contributed by atoms with Crippen molar-refractivity contribution in [3.8, 4) is 0 Å². The van der Waals surface area contributed by atoms with E-state index in [1.807, 2.05) is 25.1 Å². The fraction of sp³-hybridized carbons (Fsp3) is 0.529. The molecule has 22 heavy (non-hydrogen) atoms. The number of imidazole rings is 1. The molecule has 5 nitrogen and oxygen atoms in total. The van der Waals surface area contributed by atoms with Crippen LogP contribution in [-0.2, 0) is 11.3 Å². The maximum absolute atomic E-state index is 12.2. The van der Waals surface area contributed by atoms with Gasteiger partial charge in [0.2, 0.25) is 5.91 Å². The Labute approximate surface area is 130 Å². The maximum atomic E-state index is 12.2. The van der Waals surface area contributed by atoms with Crippen molar-refractivity contribution in [2.45, 2.75) is 45.2 Å². The van der Waals surface area contributed by atoms with Crippen molar-refractivity contribution >= 4 is 16.9 Å². The van der Waals surface area contributed by atoms with E-state index in [4.69, 9.17) is 5.73 Å². The minimum absolute atomic E-state index is 0.0874. The van der Waals surface area contributed by atoms with Gasteiger partial charge in [0.05, 0.1) is 11.0 Å². The molecular formula is C17H24N4O. The number of para-hydroxylation sites is 2. The maximum Gasteiger partial charge on any atom is 0.223 e. The second kappa shape index (κ2) is 6.48. The summed E-state index contributed by atoms with van der Waals surface area (Å²) in [4.78, 5) is 16.8. The van der Waals surface area contributed by atoms with Gasteiger partial charge in [-0.2, -0.15) is 0 Å². The van der Waals surface area contributed by atoms with E-state index in [0.717, 1.165) is 49.1 Å². The molecule has 3 rings (SSSR count). The summed E-state index contributed by atoms with van der Waals surface area (Å²) in [6.07, 6.45) is 3.89. The first-order valence-corrected chi connectivity index (χ1v) is 8.10. The summed E-state index contributed by atoms with van der Waals surface area (Å²) in [6, 6.07) is 8.28. The van der Waals surface area contributed by atoms with Crippen molar-refractivity contribution in [3.05, 3.63) is 30.1 Å². The molecule has 1 aliphatic carbocycles.